The minimum atomic E-state index is -0.156. The highest BCUT2D eigenvalue weighted by Gasteiger charge is 2.19. The lowest BCUT2D eigenvalue weighted by Crippen LogP contribution is -2.48. The van der Waals surface area contributed by atoms with E-state index in [-0.39, 0.29) is 11.8 Å². The molecule has 0 saturated carbocycles. The molecule has 6 rings (SSSR count). The van der Waals surface area contributed by atoms with Gasteiger partial charge in [-0.25, -0.2) is 9.97 Å². The molecule has 1 fully saturated rings. The molecule has 1 aliphatic heterocycles. The number of hydrogen-bond acceptors (Lipinski definition) is 6. The summed E-state index contributed by atoms with van der Waals surface area (Å²) < 4.78 is 1.94. The van der Waals surface area contributed by atoms with E-state index in [9.17, 15) is 9.59 Å². The molecule has 0 spiro atoms. The molecule has 0 bridgehead atoms. The van der Waals surface area contributed by atoms with Crippen molar-refractivity contribution in [3.63, 3.8) is 0 Å². The average molecular weight is 574 g/mol. The zero-order valence-electron chi connectivity index (χ0n) is 24.6. The van der Waals surface area contributed by atoms with Gasteiger partial charge in [0.15, 0.2) is 11.5 Å². The van der Waals surface area contributed by atoms with Crippen molar-refractivity contribution in [3.05, 3.63) is 103 Å². The fourth-order valence-corrected chi connectivity index (χ4v) is 5.31. The molecule has 2 N–H and O–H groups in total. The number of nitrogens with one attached hydrogen (secondary N) is 2. The summed E-state index contributed by atoms with van der Waals surface area (Å²) in [6, 6.07) is 23.6. The molecule has 2 amide bonds. The van der Waals surface area contributed by atoms with Crippen LogP contribution in [0.2, 0.25) is 0 Å². The minimum Gasteiger partial charge on any atom is -0.368 e. The molecule has 218 valence electrons. The van der Waals surface area contributed by atoms with E-state index in [1.54, 1.807) is 13.1 Å². The van der Waals surface area contributed by atoms with Crippen molar-refractivity contribution < 1.29 is 9.59 Å². The molecule has 43 heavy (non-hydrogen) atoms. The molecule has 0 atom stereocenters. The van der Waals surface area contributed by atoms with Gasteiger partial charge in [-0.05, 0) is 60.0 Å². The molecule has 9 heteroatoms. The van der Waals surface area contributed by atoms with Crippen LogP contribution >= 0.6 is 0 Å². The quantitative estimate of drug-likeness (QED) is 0.241. The van der Waals surface area contributed by atoms with Gasteiger partial charge in [-0.2, -0.15) is 0 Å². The summed E-state index contributed by atoms with van der Waals surface area (Å²) in [7, 11) is 0. The number of rotatable bonds is 7. The molecule has 0 unspecified atom stereocenters. The number of anilines is 4. The lowest BCUT2D eigenvalue weighted by atomic mass is 10.0. The van der Waals surface area contributed by atoms with Gasteiger partial charge < -0.3 is 24.8 Å². The number of fused-ring (bicyclic) bond motifs is 1. The predicted octanol–water partition coefficient (Wildman–Crippen LogP) is 6.18. The Balaban J connectivity index is 1.19. The number of carbonyl (C=O) groups is 2. The molecule has 9 nitrogen and oxygen atoms in total. The minimum absolute atomic E-state index is 0.128. The van der Waals surface area contributed by atoms with Crippen LogP contribution in [-0.2, 0) is 4.79 Å². The topological polar surface area (TPSA) is 94.9 Å². The normalized spacial score (nSPS) is 13.4. The molecule has 1 saturated heterocycles. The van der Waals surface area contributed by atoms with Crippen molar-refractivity contribution in [2.24, 2.45) is 0 Å². The summed E-state index contributed by atoms with van der Waals surface area (Å²) in [5, 5.41) is 6.46. The van der Waals surface area contributed by atoms with E-state index in [1.807, 2.05) is 82.4 Å². The summed E-state index contributed by atoms with van der Waals surface area (Å²) in [5.41, 5.74) is 6.84. The number of aromatic nitrogens is 3. The Bertz CT molecular complexity index is 1750. The maximum absolute atomic E-state index is 12.9. The smallest absolute Gasteiger partial charge is 0.255 e. The van der Waals surface area contributed by atoms with Gasteiger partial charge in [-0.1, -0.05) is 38.1 Å². The summed E-state index contributed by atoms with van der Waals surface area (Å²) in [6.45, 7) is 8.99. The van der Waals surface area contributed by atoms with E-state index in [1.165, 1.54) is 5.56 Å². The molecular weight excluding hydrogens is 538 g/mol. The molecule has 0 radical (unpaired) electrons. The third kappa shape index (κ3) is 6.21. The van der Waals surface area contributed by atoms with Crippen molar-refractivity contribution >= 4 is 40.3 Å². The van der Waals surface area contributed by atoms with Gasteiger partial charge in [0.05, 0.1) is 5.69 Å². The number of hydrogen-bond donors (Lipinski definition) is 2. The number of nitrogens with zero attached hydrogens (tertiary/aromatic N) is 5. The molecule has 1 aliphatic rings. The summed E-state index contributed by atoms with van der Waals surface area (Å²) >= 11 is 0. The van der Waals surface area contributed by atoms with Crippen LogP contribution in [0.1, 0.15) is 42.6 Å². The van der Waals surface area contributed by atoms with Gasteiger partial charge in [0.1, 0.15) is 0 Å². The lowest BCUT2D eigenvalue weighted by molar-refractivity contribution is -0.129. The van der Waals surface area contributed by atoms with Crippen LogP contribution in [0.25, 0.3) is 16.9 Å². The first-order valence-corrected chi connectivity index (χ1v) is 14.6. The van der Waals surface area contributed by atoms with Crippen LogP contribution < -0.4 is 15.5 Å². The third-order valence-corrected chi connectivity index (χ3v) is 7.85. The van der Waals surface area contributed by atoms with Gasteiger partial charge in [0, 0.05) is 79.9 Å². The van der Waals surface area contributed by atoms with E-state index in [2.05, 4.69) is 46.5 Å². The summed E-state index contributed by atoms with van der Waals surface area (Å²) in [6.07, 6.45) is 5.57. The largest absolute Gasteiger partial charge is 0.368 e. The Kier molecular flexibility index (Phi) is 7.79. The first-order chi connectivity index (χ1) is 20.8. The van der Waals surface area contributed by atoms with Gasteiger partial charge >= 0.3 is 0 Å². The van der Waals surface area contributed by atoms with Crippen molar-refractivity contribution in [3.8, 4) is 11.3 Å². The van der Waals surface area contributed by atoms with E-state index in [4.69, 9.17) is 4.98 Å². The highest BCUT2D eigenvalue weighted by Crippen LogP contribution is 2.28. The number of benzene rings is 3. The number of imidazole rings is 1. The maximum atomic E-state index is 12.9. The predicted molar refractivity (Wildman–Crippen MR) is 171 cm³/mol. The van der Waals surface area contributed by atoms with Gasteiger partial charge in [0.25, 0.3) is 5.91 Å². The summed E-state index contributed by atoms with van der Waals surface area (Å²) in [5.74, 6) is 1.01. The van der Waals surface area contributed by atoms with Crippen molar-refractivity contribution in [2.75, 3.05) is 41.7 Å². The zero-order chi connectivity index (χ0) is 29.9. The second-order valence-corrected chi connectivity index (χ2v) is 11.1. The monoisotopic (exact) mass is 573 g/mol. The Hall–Kier alpha value is -5.18. The fourth-order valence-electron chi connectivity index (χ4n) is 5.31. The fraction of sp³-hybridized carbons (Fsp3) is 0.235. The van der Waals surface area contributed by atoms with E-state index >= 15 is 0 Å². The van der Waals surface area contributed by atoms with Crippen molar-refractivity contribution in [1.82, 2.24) is 19.3 Å². The van der Waals surface area contributed by atoms with Crippen molar-refractivity contribution in [2.45, 2.75) is 26.7 Å². The van der Waals surface area contributed by atoms with Gasteiger partial charge in [0.2, 0.25) is 5.91 Å². The molecule has 3 heterocycles. The number of carbonyl (C=O) groups excluding carboxylic acids is 2. The average Bonchev–Trinajstić information content (AvgIpc) is 3.51. The zero-order valence-corrected chi connectivity index (χ0v) is 24.6. The lowest BCUT2D eigenvalue weighted by Gasteiger charge is -2.35. The Morgan fingerprint density at radius 2 is 1.63 bits per heavy atom. The second-order valence-electron chi connectivity index (χ2n) is 11.1. The number of amides is 2. The standard InChI is InChI=1S/C34H35N7O2/c1-23(2)25-7-9-26(10-8-25)34(43)37-29-6-4-5-27(21-29)31-22-41-16-15-35-33(41)32(38-31)36-28-11-13-30(14-12-28)40-19-17-39(18-20-40)24(3)42/h4-16,21-23H,17-20H2,1-3H3,(H,36,38)(H,37,43). The third-order valence-electron chi connectivity index (χ3n) is 7.85. The van der Waals surface area contributed by atoms with E-state index in [0.717, 1.165) is 48.8 Å². The van der Waals surface area contributed by atoms with Crippen LogP contribution in [0.5, 0.6) is 0 Å². The molecule has 3 aromatic carbocycles. The van der Waals surface area contributed by atoms with Gasteiger partial charge in [-0.3, -0.25) is 9.59 Å². The molecule has 2 aromatic heterocycles. The van der Waals surface area contributed by atoms with Crippen LogP contribution in [-0.4, -0.2) is 57.3 Å². The highest BCUT2D eigenvalue weighted by atomic mass is 16.2. The SMILES string of the molecule is CC(=O)N1CCN(c2ccc(Nc3nc(-c4cccc(NC(=O)c5ccc(C(C)C)cc5)c4)cn4ccnc34)cc2)CC1. The molecule has 5 aromatic rings. The van der Waals surface area contributed by atoms with Crippen molar-refractivity contribution in [1.29, 1.82) is 0 Å². The van der Waals surface area contributed by atoms with Crippen LogP contribution in [0.3, 0.4) is 0 Å². The van der Waals surface area contributed by atoms with Crippen LogP contribution in [0, 0.1) is 0 Å². The Morgan fingerprint density at radius 3 is 2.33 bits per heavy atom. The Labute approximate surface area is 251 Å². The highest BCUT2D eigenvalue weighted by molar-refractivity contribution is 6.04. The Morgan fingerprint density at radius 1 is 0.884 bits per heavy atom. The first-order valence-electron chi connectivity index (χ1n) is 14.6. The van der Waals surface area contributed by atoms with Crippen LogP contribution in [0.4, 0.5) is 22.9 Å². The molecular formula is C34H35N7O2. The first kappa shape index (κ1) is 28.0. The maximum Gasteiger partial charge on any atom is 0.255 e. The van der Waals surface area contributed by atoms with Crippen LogP contribution in [0.15, 0.2) is 91.4 Å². The number of piperazine rings is 1. The van der Waals surface area contributed by atoms with E-state index < -0.39 is 0 Å². The second kappa shape index (κ2) is 12.0. The van der Waals surface area contributed by atoms with Gasteiger partial charge in [-0.15, -0.1) is 0 Å². The van der Waals surface area contributed by atoms with E-state index in [0.29, 0.717) is 28.6 Å². The molecule has 0 aliphatic carbocycles. The summed E-state index contributed by atoms with van der Waals surface area (Å²) in [4.78, 5) is 38.2.